The fourth-order valence-electron chi connectivity index (χ4n) is 2.59. The number of hydrogen-bond donors (Lipinski definition) is 1. The van der Waals surface area contributed by atoms with Crippen molar-refractivity contribution in [2.45, 2.75) is 32.5 Å². The van der Waals surface area contributed by atoms with E-state index in [1.54, 1.807) is 0 Å². The Kier molecular flexibility index (Phi) is 4.59. The molecule has 2 heterocycles. The van der Waals surface area contributed by atoms with Crippen molar-refractivity contribution in [3.8, 4) is 0 Å². The van der Waals surface area contributed by atoms with E-state index in [1.807, 2.05) is 11.8 Å². The van der Waals surface area contributed by atoms with Crippen LogP contribution in [0.15, 0.2) is 0 Å². The highest BCUT2D eigenvalue weighted by Gasteiger charge is 2.28. The fraction of sp³-hybridized carbons (Fsp3) is 0.923. The van der Waals surface area contributed by atoms with Gasteiger partial charge in [0, 0.05) is 19.6 Å². The quantitative estimate of drug-likeness (QED) is 0.752. The third-order valence-electron chi connectivity index (χ3n) is 3.96. The number of likely N-dealkylation sites (tertiary alicyclic amines) is 1. The molecule has 0 bridgehead atoms. The van der Waals surface area contributed by atoms with Crippen LogP contribution in [0.25, 0.3) is 0 Å². The maximum Gasteiger partial charge on any atom is 0.236 e. The zero-order valence-corrected chi connectivity index (χ0v) is 11.3. The van der Waals surface area contributed by atoms with E-state index < -0.39 is 0 Å². The van der Waals surface area contributed by atoms with Crippen LogP contribution in [-0.4, -0.2) is 72.4 Å². The van der Waals surface area contributed by atoms with Gasteiger partial charge in [-0.15, -0.1) is 0 Å². The molecule has 0 aromatic carbocycles. The van der Waals surface area contributed by atoms with Gasteiger partial charge < -0.3 is 14.7 Å². The first-order valence-electron chi connectivity index (χ1n) is 6.86. The van der Waals surface area contributed by atoms with E-state index in [9.17, 15) is 9.90 Å². The molecule has 3 unspecified atom stereocenters. The molecule has 5 nitrogen and oxygen atoms in total. The Morgan fingerprint density at radius 3 is 2.78 bits per heavy atom. The molecule has 2 aliphatic heterocycles. The van der Waals surface area contributed by atoms with Gasteiger partial charge in [0.2, 0.25) is 5.91 Å². The lowest BCUT2D eigenvalue weighted by molar-refractivity contribution is -0.140. The first-order chi connectivity index (χ1) is 8.56. The van der Waals surface area contributed by atoms with Gasteiger partial charge in [-0.3, -0.25) is 9.69 Å². The van der Waals surface area contributed by atoms with Crippen LogP contribution < -0.4 is 0 Å². The summed E-state index contributed by atoms with van der Waals surface area (Å²) in [4.78, 5) is 16.1. The van der Waals surface area contributed by atoms with Crippen molar-refractivity contribution in [1.29, 1.82) is 0 Å². The largest absolute Gasteiger partial charge is 0.392 e. The fourth-order valence-corrected chi connectivity index (χ4v) is 2.59. The van der Waals surface area contributed by atoms with E-state index >= 15 is 0 Å². The van der Waals surface area contributed by atoms with Gasteiger partial charge in [0.25, 0.3) is 0 Å². The molecule has 3 atom stereocenters. The number of piperidine rings is 1. The lowest BCUT2D eigenvalue weighted by atomic mass is 9.96. The number of β-amino-alcohol motifs (C(OH)–C–C–N with tert-alkyl or cyclic N) is 1. The molecular weight excluding hydrogens is 232 g/mol. The molecule has 0 spiro atoms. The van der Waals surface area contributed by atoms with Gasteiger partial charge in [-0.05, 0) is 25.8 Å². The molecule has 5 heteroatoms. The summed E-state index contributed by atoms with van der Waals surface area (Å²) >= 11 is 0. The second-order valence-corrected chi connectivity index (χ2v) is 5.59. The van der Waals surface area contributed by atoms with E-state index in [0.717, 1.165) is 13.0 Å². The molecule has 0 aromatic heterocycles. The van der Waals surface area contributed by atoms with Gasteiger partial charge >= 0.3 is 0 Å². The van der Waals surface area contributed by atoms with Gasteiger partial charge in [0.05, 0.1) is 25.4 Å². The van der Waals surface area contributed by atoms with E-state index in [0.29, 0.717) is 38.7 Å². The van der Waals surface area contributed by atoms with Crippen LogP contribution >= 0.6 is 0 Å². The molecule has 1 amide bonds. The Hall–Kier alpha value is -0.650. The highest BCUT2D eigenvalue weighted by Crippen LogP contribution is 2.17. The SMILES string of the molecule is CC1CN(C(=O)CN2CCC(C)C(O)C2)CCO1. The van der Waals surface area contributed by atoms with Crippen LogP contribution in [-0.2, 0) is 9.53 Å². The van der Waals surface area contributed by atoms with Gasteiger partial charge in [-0.1, -0.05) is 6.92 Å². The Morgan fingerprint density at radius 2 is 2.11 bits per heavy atom. The van der Waals surface area contributed by atoms with Crippen LogP contribution in [0.5, 0.6) is 0 Å². The number of ether oxygens (including phenoxy) is 1. The molecule has 1 N–H and O–H groups in total. The Morgan fingerprint density at radius 1 is 1.33 bits per heavy atom. The van der Waals surface area contributed by atoms with Crippen molar-refractivity contribution in [2.75, 3.05) is 39.3 Å². The minimum atomic E-state index is -0.296. The maximum atomic E-state index is 12.1. The first kappa shape index (κ1) is 13.8. The van der Waals surface area contributed by atoms with Gasteiger partial charge in [0.15, 0.2) is 0 Å². The van der Waals surface area contributed by atoms with Crippen molar-refractivity contribution < 1.29 is 14.6 Å². The summed E-state index contributed by atoms with van der Waals surface area (Å²) in [5, 5.41) is 9.83. The number of carbonyl (C=O) groups is 1. The zero-order chi connectivity index (χ0) is 13.1. The van der Waals surface area contributed by atoms with Crippen LogP contribution in [0.2, 0.25) is 0 Å². The average molecular weight is 256 g/mol. The molecule has 2 aliphatic rings. The molecule has 2 saturated heterocycles. The maximum absolute atomic E-state index is 12.1. The predicted molar refractivity (Wildman–Crippen MR) is 68.2 cm³/mol. The molecule has 18 heavy (non-hydrogen) atoms. The smallest absolute Gasteiger partial charge is 0.236 e. The summed E-state index contributed by atoms with van der Waals surface area (Å²) in [7, 11) is 0. The van der Waals surface area contributed by atoms with Crippen LogP contribution in [0.4, 0.5) is 0 Å². The van der Waals surface area contributed by atoms with E-state index in [1.165, 1.54) is 0 Å². The third-order valence-corrected chi connectivity index (χ3v) is 3.96. The molecule has 0 aliphatic carbocycles. The number of nitrogens with zero attached hydrogens (tertiary/aromatic N) is 2. The van der Waals surface area contributed by atoms with Crippen molar-refractivity contribution in [2.24, 2.45) is 5.92 Å². The lowest BCUT2D eigenvalue weighted by Crippen LogP contribution is -2.51. The van der Waals surface area contributed by atoms with Crippen LogP contribution in [0.3, 0.4) is 0 Å². The average Bonchev–Trinajstić information content (AvgIpc) is 2.34. The van der Waals surface area contributed by atoms with Gasteiger partial charge in [-0.2, -0.15) is 0 Å². The first-order valence-corrected chi connectivity index (χ1v) is 6.86. The molecule has 2 rings (SSSR count). The van der Waals surface area contributed by atoms with Gasteiger partial charge in [0.1, 0.15) is 0 Å². The molecule has 104 valence electrons. The van der Waals surface area contributed by atoms with E-state index in [-0.39, 0.29) is 18.1 Å². The number of amides is 1. The number of carbonyl (C=O) groups excluding carboxylic acids is 1. The minimum absolute atomic E-state index is 0.134. The Bertz CT molecular complexity index is 298. The summed E-state index contributed by atoms with van der Waals surface area (Å²) in [6, 6.07) is 0. The summed E-state index contributed by atoms with van der Waals surface area (Å²) in [6.07, 6.45) is 0.804. The summed E-state index contributed by atoms with van der Waals surface area (Å²) in [5.74, 6) is 0.506. The molecule has 0 aromatic rings. The standard InChI is InChI=1S/C13H24N2O3/c1-10-3-4-14(8-12(10)16)9-13(17)15-5-6-18-11(2)7-15/h10-12,16H,3-9H2,1-2H3. The molecule has 2 fully saturated rings. The second-order valence-electron chi connectivity index (χ2n) is 5.59. The Labute approximate surface area is 109 Å². The zero-order valence-electron chi connectivity index (χ0n) is 11.3. The number of rotatable bonds is 2. The number of aliphatic hydroxyl groups excluding tert-OH is 1. The Balaban J connectivity index is 1.80. The normalized spacial score (nSPS) is 34.6. The summed E-state index contributed by atoms with van der Waals surface area (Å²) < 4.78 is 5.43. The van der Waals surface area contributed by atoms with Crippen molar-refractivity contribution >= 4 is 5.91 Å². The number of morpholine rings is 1. The molecule has 0 saturated carbocycles. The molecular formula is C13H24N2O3. The van der Waals surface area contributed by atoms with Crippen LogP contribution in [0, 0.1) is 5.92 Å². The highest BCUT2D eigenvalue weighted by molar-refractivity contribution is 5.78. The molecule has 0 radical (unpaired) electrons. The highest BCUT2D eigenvalue weighted by atomic mass is 16.5. The third kappa shape index (κ3) is 3.43. The monoisotopic (exact) mass is 256 g/mol. The predicted octanol–water partition coefficient (Wildman–Crippen LogP) is -0.0636. The van der Waals surface area contributed by atoms with E-state index in [4.69, 9.17) is 4.74 Å². The topological polar surface area (TPSA) is 53.0 Å². The van der Waals surface area contributed by atoms with Crippen LogP contribution in [0.1, 0.15) is 20.3 Å². The second kappa shape index (κ2) is 5.99. The number of hydrogen-bond acceptors (Lipinski definition) is 4. The minimum Gasteiger partial charge on any atom is -0.392 e. The van der Waals surface area contributed by atoms with Crippen molar-refractivity contribution in [3.63, 3.8) is 0 Å². The number of aliphatic hydroxyl groups is 1. The van der Waals surface area contributed by atoms with Crippen molar-refractivity contribution in [3.05, 3.63) is 0 Å². The van der Waals surface area contributed by atoms with E-state index in [2.05, 4.69) is 11.8 Å². The summed E-state index contributed by atoms with van der Waals surface area (Å²) in [5.41, 5.74) is 0. The van der Waals surface area contributed by atoms with Gasteiger partial charge in [-0.25, -0.2) is 0 Å². The lowest BCUT2D eigenvalue weighted by Gasteiger charge is -2.36. The summed E-state index contributed by atoms with van der Waals surface area (Å²) in [6.45, 7) is 8.01. The van der Waals surface area contributed by atoms with Crippen molar-refractivity contribution in [1.82, 2.24) is 9.80 Å².